The van der Waals surface area contributed by atoms with Crippen molar-refractivity contribution in [3.05, 3.63) is 0 Å². The molecule has 0 rings (SSSR count). The molecule has 126 valence electrons. The van der Waals surface area contributed by atoms with Gasteiger partial charge in [-0.3, -0.25) is 4.79 Å². The van der Waals surface area contributed by atoms with Gasteiger partial charge in [-0.05, 0) is 19.4 Å². The second-order valence-electron chi connectivity index (χ2n) is 4.73. The molecule has 23 heavy (non-hydrogen) atoms. The van der Waals surface area contributed by atoms with Crippen LogP contribution in [0.25, 0.3) is 0 Å². The molecule has 0 aliphatic heterocycles. The van der Waals surface area contributed by atoms with Crippen LogP contribution in [0.3, 0.4) is 0 Å². The number of carboxylic acid groups (broad SMARTS) is 2. The fourth-order valence-corrected chi connectivity index (χ4v) is 1.53. The summed E-state index contributed by atoms with van der Waals surface area (Å²) >= 11 is 0. The normalized spacial score (nSPS) is 14.0. The van der Waals surface area contributed by atoms with Crippen LogP contribution in [0.5, 0.6) is 0 Å². The maximum Gasteiger partial charge on any atom is 2.00 e. The second kappa shape index (κ2) is 11.7. The number of ether oxygens (including phenoxy) is 1. The number of carboxylic acids is 2. The number of aliphatic carboxylic acids is 2. The fourth-order valence-electron chi connectivity index (χ4n) is 1.53. The van der Waals surface area contributed by atoms with Crippen molar-refractivity contribution in [1.82, 2.24) is 0 Å². The van der Waals surface area contributed by atoms with E-state index in [-0.39, 0.29) is 44.2 Å². The van der Waals surface area contributed by atoms with Crippen molar-refractivity contribution in [3.63, 3.8) is 0 Å². The van der Waals surface area contributed by atoms with E-state index in [1.807, 2.05) is 0 Å². The Bertz CT molecular complexity index is 445. The van der Waals surface area contributed by atoms with E-state index in [9.17, 15) is 34.5 Å². The Morgan fingerprint density at radius 2 is 1.70 bits per heavy atom. The third-order valence-electron chi connectivity index (χ3n) is 2.74. The Labute approximate surface area is 162 Å². The first-order valence-corrected chi connectivity index (χ1v) is 6.46. The van der Waals surface area contributed by atoms with Gasteiger partial charge >= 0.3 is 49.7 Å². The molecule has 2 atom stereocenters. The summed E-state index contributed by atoms with van der Waals surface area (Å²) in [6.07, 6.45) is -1.33. The van der Waals surface area contributed by atoms with Crippen molar-refractivity contribution in [2.75, 3.05) is 6.54 Å². The number of esters is 2. The molecular formula is C12H18CaN2O8. The molecule has 0 bridgehead atoms. The van der Waals surface area contributed by atoms with Crippen LogP contribution in [0.4, 0.5) is 0 Å². The zero-order valence-electron chi connectivity index (χ0n) is 12.5. The van der Waals surface area contributed by atoms with Gasteiger partial charge in [-0.2, -0.15) is 0 Å². The average molecular weight is 358 g/mol. The van der Waals surface area contributed by atoms with Crippen molar-refractivity contribution in [2.45, 2.75) is 43.7 Å². The first kappa shape index (κ1) is 24.5. The quantitative estimate of drug-likeness (QED) is 0.147. The summed E-state index contributed by atoms with van der Waals surface area (Å²) in [4.78, 5) is 43.9. The molecule has 0 aromatic rings. The smallest absolute Gasteiger partial charge is 0.550 e. The summed E-state index contributed by atoms with van der Waals surface area (Å²) in [6.45, 7) is 0.405. The molecule has 0 heterocycles. The van der Waals surface area contributed by atoms with Gasteiger partial charge in [0, 0.05) is 12.4 Å². The largest absolute Gasteiger partial charge is 2.00 e. The van der Waals surface area contributed by atoms with Crippen molar-refractivity contribution in [1.29, 1.82) is 0 Å². The maximum atomic E-state index is 11.5. The molecule has 11 heteroatoms. The molecule has 0 aliphatic rings. The van der Waals surface area contributed by atoms with Crippen LogP contribution in [0.15, 0.2) is 0 Å². The summed E-state index contributed by atoms with van der Waals surface area (Å²) < 4.78 is 4.27. The first-order valence-electron chi connectivity index (χ1n) is 6.46. The SMILES string of the molecule is NCCCC[C@H](N)C(=O)OC(=O)CC(O)(CC(=O)[O-])C(=O)[O-].[Ca+2]. The van der Waals surface area contributed by atoms with E-state index in [0.29, 0.717) is 19.4 Å². The Morgan fingerprint density at radius 1 is 1.13 bits per heavy atom. The van der Waals surface area contributed by atoms with Crippen LogP contribution >= 0.6 is 0 Å². The van der Waals surface area contributed by atoms with Gasteiger partial charge in [0.05, 0.1) is 12.4 Å². The van der Waals surface area contributed by atoms with Gasteiger partial charge in [0.2, 0.25) is 0 Å². The summed E-state index contributed by atoms with van der Waals surface area (Å²) in [5.74, 6) is -6.67. The molecule has 0 amide bonds. The van der Waals surface area contributed by atoms with Crippen LogP contribution in [0.1, 0.15) is 32.1 Å². The number of rotatable bonds is 10. The minimum absolute atomic E-state index is 0. The standard InChI is InChI=1S/C12H20N2O8.Ca/c13-4-2-1-3-7(14)10(18)22-9(17)6-12(21,11(19)20)5-8(15)16;/h7,21H,1-6,13-14H2,(H,15,16)(H,19,20);/q;+2/p-2/t7-,12?;/m0./s1. The monoisotopic (exact) mass is 358 g/mol. The summed E-state index contributed by atoms with van der Waals surface area (Å²) in [7, 11) is 0. The number of hydrogen-bond donors (Lipinski definition) is 3. The third kappa shape index (κ3) is 9.84. The van der Waals surface area contributed by atoms with E-state index in [2.05, 4.69) is 4.74 Å². The van der Waals surface area contributed by atoms with Crippen LogP contribution in [-0.4, -0.2) is 84.9 Å². The van der Waals surface area contributed by atoms with Gasteiger partial charge in [0.15, 0.2) is 0 Å². The number of aliphatic hydroxyl groups is 1. The minimum atomic E-state index is -3.03. The van der Waals surface area contributed by atoms with Gasteiger partial charge in [0.25, 0.3) is 0 Å². The van der Waals surface area contributed by atoms with Crippen LogP contribution in [-0.2, 0) is 23.9 Å². The second-order valence-corrected chi connectivity index (χ2v) is 4.73. The first-order chi connectivity index (χ1) is 10.1. The van der Waals surface area contributed by atoms with Crippen molar-refractivity contribution in [2.24, 2.45) is 11.5 Å². The zero-order valence-corrected chi connectivity index (χ0v) is 14.7. The molecule has 0 fully saturated rings. The van der Waals surface area contributed by atoms with Crippen molar-refractivity contribution in [3.8, 4) is 0 Å². The predicted molar refractivity (Wildman–Crippen MR) is 71.9 cm³/mol. The zero-order chi connectivity index (χ0) is 17.3. The number of unbranched alkanes of at least 4 members (excludes halogenated alkanes) is 1. The molecule has 0 aliphatic carbocycles. The maximum absolute atomic E-state index is 11.5. The molecule has 0 saturated carbocycles. The van der Waals surface area contributed by atoms with Gasteiger partial charge in [0.1, 0.15) is 11.6 Å². The molecule has 5 N–H and O–H groups in total. The summed E-state index contributed by atoms with van der Waals surface area (Å²) in [5.41, 5.74) is 7.68. The van der Waals surface area contributed by atoms with Gasteiger partial charge in [-0.25, -0.2) is 4.79 Å². The molecular weight excluding hydrogens is 340 g/mol. The Balaban J connectivity index is 0. The van der Waals surface area contributed by atoms with E-state index in [1.54, 1.807) is 0 Å². The van der Waals surface area contributed by atoms with Crippen molar-refractivity contribution < 1.29 is 39.2 Å². The number of hydrogen-bond acceptors (Lipinski definition) is 10. The molecule has 0 aromatic carbocycles. The van der Waals surface area contributed by atoms with E-state index < -0.39 is 48.4 Å². The number of carbonyl (C=O) groups excluding carboxylic acids is 4. The molecule has 0 saturated heterocycles. The minimum Gasteiger partial charge on any atom is -0.550 e. The Hall–Kier alpha value is -0.780. The van der Waals surface area contributed by atoms with Gasteiger partial charge in [-0.15, -0.1) is 0 Å². The van der Waals surface area contributed by atoms with Crippen LogP contribution in [0.2, 0.25) is 0 Å². The molecule has 0 spiro atoms. The molecule has 10 nitrogen and oxygen atoms in total. The van der Waals surface area contributed by atoms with Crippen LogP contribution in [0, 0.1) is 0 Å². The van der Waals surface area contributed by atoms with Crippen LogP contribution < -0.4 is 21.7 Å². The van der Waals surface area contributed by atoms with Gasteiger partial charge < -0.3 is 41.1 Å². The number of carbonyl (C=O) groups is 4. The third-order valence-corrected chi connectivity index (χ3v) is 2.74. The van der Waals surface area contributed by atoms with Crippen molar-refractivity contribution >= 4 is 61.6 Å². The topological polar surface area (TPSA) is 196 Å². The Kier molecular flexibility index (Phi) is 12.5. The summed E-state index contributed by atoms with van der Waals surface area (Å²) in [5, 5.41) is 30.6. The molecule has 1 unspecified atom stereocenters. The molecule has 0 radical (unpaired) electrons. The molecule has 0 aromatic heterocycles. The average Bonchev–Trinajstić information content (AvgIpc) is 2.37. The summed E-state index contributed by atoms with van der Waals surface area (Å²) in [6, 6.07) is -1.12. The fraction of sp³-hybridized carbons (Fsp3) is 0.667. The van der Waals surface area contributed by atoms with E-state index in [0.717, 1.165) is 0 Å². The van der Waals surface area contributed by atoms with E-state index in [1.165, 1.54) is 0 Å². The van der Waals surface area contributed by atoms with E-state index in [4.69, 9.17) is 11.5 Å². The van der Waals surface area contributed by atoms with E-state index >= 15 is 0 Å². The predicted octanol–water partition coefficient (Wildman–Crippen LogP) is -4.86. The Morgan fingerprint density at radius 3 is 2.13 bits per heavy atom. The number of nitrogens with two attached hydrogens (primary N) is 2. The van der Waals surface area contributed by atoms with Gasteiger partial charge in [-0.1, -0.05) is 6.42 Å².